The molecule has 2 aromatic rings. The van der Waals surface area contributed by atoms with Gasteiger partial charge in [0.05, 0.1) is 11.5 Å². The van der Waals surface area contributed by atoms with E-state index < -0.39 is 22.6 Å². The molecule has 0 aliphatic rings. The van der Waals surface area contributed by atoms with Gasteiger partial charge in [0.2, 0.25) is 0 Å². The third kappa shape index (κ3) is 5.15. The van der Waals surface area contributed by atoms with E-state index in [1.807, 2.05) is 0 Å². The third-order valence-corrected chi connectivity index (χ3v) is 3.18. The Bertz CT molecular complexity index is 982. The minimum atomic E-state index is -1.33. The van der Waals surface area contributed by atoms with Gasteiger partial charge in [-0.1, -0.05) is 24.0 Å². The zero-order chi connectivity index (χ0) is 20.2. The van der Waals surface area contributed by atoms with Crippen LogP contribution in [0.15, 0.2) is 24.3 Å². The molecule has 1 aromatic carbocycles. The molecule has 0 aliphatic carbocycles. The molecule has 0 saturated heterocycles. The van der Waals surface area contributed by atoms with E-state index in [0.717, 1.165) is 0 Å². The van der Waals surface area contributed by atoms with Crippen LogP contribution in [0.3, 0.4) is 0 Å². The minimum absolute atomic E-state index is 0.0456. The first-order chi connectivity index (χ1) is 12.6. The van der Waals surface area contributed by atoms with E-state index in [4.69, 9.17) is 4.74 Å². The average Bonchev–Trinajstić information content (AvgIpc) is 2.55. The number of para-hydroxylation sites is 1. The quantitative estimate of drug-likeness (QED) is 0.481. The van der Waals surface area contributed by atoms with Crippen LogP contribution in [-0.2, 0) is 4.74 Å². The molecular weight excluding hydrogens is 354 g/mol. The van der Waals surface area contributed by atoms with Crippen LogP contribution in [0, 0.1) is 22.0 Å². The normalized spacial score (nSPS) is 10.6. The van der Waals surface area contributed by atoms with Gasteiger partial charge in [0, 0.05) is 17.0 Å². The highest BCUT2D eigenvalue weighted by Crippen LogP contribution is 2.26. The van der Waals surface area contributed by atoms with E-state index in [0.29, 0.717) is 5.39 Å². The molecule has 1 amide bonds. The number of nitro benzene ring substituents is 1. The van der Waals surface area contributed by atoms with E-state index >= 15 is 0 Å². The molecule has 27 heavy (non-hydrogen) atoms. The number of rotatable bonds is 3. The summed E-state index contributed by atoms with van der Waals surface area (Å²) in [6, 6.07) is 5.50. The molecule has 9 nitrogen and oxygen atoms in total. The Labute approximate surface area is 154 Å². The van der Waals surface area contributed by atoms with Crippen LogP contribution in [0.25, 0.3) is 10.9 Å². The van der Waals surface area contributed by atoms with Crippen molar-refractivity contribution in [2.45, 2.75) is 26.4 Å². The number of carbonyl (C=O) groups excluding carboxylic acids is 1. The molecule has 0 saturated carbocycles. The molecule has 0 radical (unpaired) electrons. The van der Waals surface area contributed by atoms with Crippen LogP contribution < -0.4 is 5.32 Å². The summed E-state index contributed by atoms with van der Waals surface area (Å²) in [4.78, 5) is 37.3. The summed E-state index contributed by atoms with van der Waals surface area (Å²) in [5.41, 5.74) is -1.13. The molecule has 0 spiro atoms. The number of nitro groups is 1. The zero-order valence-electron chi connectivity index (χ0n) is 14.9. The molecule has 0 atom stereocenters. The molecule has 140 valence electrons. The maximum absolute atomic E-state index is 11.6. The van der Waals surface area contributed by atoms with Gasteiger partial charge >= 0.3 is 12.1 Å². The standard InChI is InChI=1S/C18H17N3O6/c1-18(2,3)27-17(24)19-9-5-6-11-10-13(16(22)23)20-15-12(11)7-4-8-14(15)21(25)26/h4,7-8,10H,9H2,1-3H3,(H,19,24)(H,22,23). The fraction of sp³-hybridized carbons (Fsp3) is 0.278. The summed E-state index contributed by atoms with van der Waals surface area (Å²) >= 11 is 0. The highest BCUT2D eigenvalue weighted by atomic mass is 16.6. The fourth-order valence-corrected chi connectivity index (χ4v) is 2.16. The highest BCUT2D eigenvalue weighted by molar-refractivity contribution is 5.96. The van der Waals surface area contributed by atoms with Crippen molar-refractivity contribution < 1.29 is 24.4 Å². The Kier molecular flexibility index (Phi) is 5.60. The Morgan fingerprint density at radius 1 is 1.37 bits per heavy atom. The third-order valence-electron chi connectivity index (χ3n) is 3.18. The van der Waals surface area contributed by atoms with Crippen LogP contribution in [0.2, 0.25) is 0 Å². The second kappa shape index (κ2) is 7.70. The average molecular weight is 371 g/mol. The molecule has 0 unspecified atom stereocenters. The SMILES string of the molecule is CC(C)(C)OC(=O)NCC#Cc1cc(C(=O)O)nc2c([N+](=O)[O-])cccc12. The summed E-state index contributed by atoms with van der Waals surface area (Å²) < 4.78 is 5.07. The maximum atomic E-state index is 11.6. The van der Waals surface area contributed by atoms with Gasteiger partial charge in [0.25, 0.3) is 5.69 Å². The van der Waals surface area contributed by atoms with Crippen molar-refractivity contribution in [2.24, 2.45) is 0 Å². The van der Waals surface area contributed by atoms with Gasteiger partial charge in [0.1, 0.15) is 16.8 Å². The molecule has 1 heterocycles. The van der Waals surface area contributed by atoms with Crippen molar-refractivity contribution in [3.8, 4) is 11.8 Å². The number of carboxylic acid groups (broad SMARTS) is 1. The molecular formula is C18H17N3O6. The van der Waals surface area contributed by atoms with Gasteiger partial charge < -0.3 is 15.2 Å². The van der Waals surface area contributed by atoms with E-state index in [1.165, 1.54) is 18.2 Å². The first kappa shape index (κ1) is 19.7. The number of amides is 1. The molecule has 1 aromatic heterocycles. The second-order valence-electron chi connectivity index (χ2n) is 6.45. The zero-order valence-corrected chi connectivity index (χ0v) is 14.9. The molecule has 0 bridgehead atoms. The summed E-state index contributed by atoms with van der Waals surface area (Å²) in [6.45, 7) is 5.13. The lowest BCUT2D eigenvalue weighted by molar-refractivity contribution is -0.383. The monoisotopic (exact) mass is 371 g/mol. The number of nitrogens with zero attached hydrogens (tertiary/aromatic N) is 2. The summed E-state index contributed by atoms with van der Waals surface area (Å²) in [5, 5.41) is 23.2. The first-order valence-corrected chi connectivity index (χ1v) is 7.85. The largest absolute Gasteiger partial charge is 0.477 e. The molecule has 2 rings (SSSR count). The maximum Gasteiger partial charge on any atom is 0.408 e. The van der Waals surface area contributed by atoms with E-state index in [9.17, 15) is 24.8 Å². The molecule has 2 N–H and O–H groups in total. The Morgan fingerprint density at radius 2 is 2.07 bits per heavy atom. The lowest BCUT2D eigenvalue weighted by Crippen LogP contribution is -2.32. The molecule has 9 heteroatoms. The summed E-state index contributed by atoms with van der Waals surface area (Å²) in [5.74, 6) is 4.07. The van der Waals surface area contributed by atoms with Crippen molar-refractivity contribution in [1.82, 2.24) is 10.3 Å². The number of fused-ring (bicyclic) bond motifs is 1. The van der Waals surface area contributed by atoms with Crippen LogP contribution in [0.4, 0.5) is 10.5 Å². The van der Waals surface area contributed by atoms with Gasteiger partial charge in [-0.15, -0.1) is 0 Å². The van der Waals surface area contributed by atoms with Gasteiger partial charge in [0.15, 0.2) is 0 Å². The Morgan fingerprint density at radius 3 is 2.67 bits per heavy atom. The van der Waals surface area contributed by atoms with E-state index in [2.05, 4.69) is 22.1 Å². The smallest absolute Gasteiger partial charge is 0.408 e. The van der Waals surface area contributed by atoms with Crippen molar-refractivity contribution >= 4 is 28.7 Å². The number of alkyl carbamates (subject to hydrolysis) is 1. The van der Waals surface area contributed by atoms with Crippen LogP contribution >= 0.6 is 0 Å². The second-order valence-corrected chi connectivity index (χ2v) is 6.45. The number of ether oxygens (including phenoxy) is 1. The number of carbonyl (C=O) groups is 2. The van der Waals surface area contributed by atoms with Crippen LogP contribution in [-0.4, -0.2) is 39.2 Å². The Balaban J connectivity index is 2.36. The molecule has 0 fully saturated rings. The van der Waals surface area contributed by atoms with Crippen molar-refractivity contribution in [1.29, 1.82) is 0 Å². The number of hydrogen-bond acceptors (Lipinski definition) is 6. The predicted octanol–water partition coefficient (Wildman–Crippen LogP) is 2.72. The summed E-state index contributed by atoms with van der Waals surface area (Å²) in [7, 11) is 0. The van der Waals surface area contributed by atoms with Gasteiger partial charge in [-0.3, -0.25) is 10.1 Å². The van der Waals surface area contributed by atoms with E-state index in [-0.39, 0.29) is 29.0 Å². The highest BCUT2D eigenvalue weighted by Gasteiger charge is 2.18. The first-order valence-electron chi connectivity index (χ1n) is 7.85. The number of hydrogen-bond donors (Lipinski definition) is 2. The topological polar surface area (TPSA) is 132 Å². The van der Waals surface area contributed by atoms with Gasteiger partial charge in [-0.2, -0.15) is 0 Å². The predicted molar refractivity (Wildman–Crippen MR) is 96.5 cm³/mol. The number of aromatic carboxylic acids is 1. The number of aromatic nitrogens is 1. The van der Waals surface area contributed by atoms with Crippen molar-refractivity contribution in [3.63, 3.8) is 0 Å². The number of non-ortho nitro benzene ring substituents is 1. The number of nitrogens with one attached hydrogen (secondary N) is 1. The van der Waals surface area contributed by atoms with Crippen LogP contribution in [0.1, 0.15) is 36.8 Å². The van der Waals surface area contributed by atoms with Gasteiger partial charge in [-0.05, 0) is 26.8 Å². The number of benzene rings is 1. The van der Waals surface area contributed by atoms with Crippen LogP contribution in [0.5, 0.6) is 0 Å². The minimum Gasteiger partial charge on any atom is -0.477 e. The Hall–Kier alpha value is -3.67. The fourth-order valence-electron chi connectivity index (χ4n) is 2.16. The van der Waals surface area contributed by atoms with Gasteiger partial charge in [-0.25, -0.2) is 14.6 Å². The lowest BCUT2D eigenvalue weighted by Gasteiger charge is -2.19. The number of carboxylic acids is 1. The van der Waals surface area contributed by atoms with E-state index in [1.54, 1.807) is 26.8 Å². The summed E-state index contributed by atoms with van der Waals surface area (Å²) in [6.07, 6.45) is -0.641. The van der Waals surface area contributed by atoms with Crippen molar-refractivity contribution in [3.05, 3.63) is 45.6 Å². The van der Waals surface area contributed by atoms with Crippen molar-refractivity contribution in [2.75, 3.05) is 6.54 Å². The lowest BCUT2D eigenvalue weighted by atomic mass is 10.1. The number of pyridine rings is 1. The molecule has 0 aliphatic heterocycles.